The highest BCUT2D eigenvalue weighted by Crippen LogP contribution is 2.38. The summed E-state index contributed by atoms with van der Waals surface area (Å²) >= 11 is 0. The Labute approximate surface area is 167 Å². The predicted octanol–water partition coefficient (Wildman–Crippen LogP) is 2.40. The van der Waals surface area contributed by atoms with E-state index in [0.717, 1.165) is 34.3 Å². The highest BCUT2D eigenvalue weighted by molar-refractivity contribution is 5.98. The number of hydrogen-bond donors (Lipinski definition) is 2. The van der Waals surface area contributed by atoms with Gasteiger partial charge in [0.25, 0.3) is 0 Å². The number of nitrogens with zero attached hydrogens (tertiary/aromatic N) is 3. The fourth-order valence-electron chi connectivity index (χ4n) is 3.68. The number of urea groups is 1. The number of carbonyl (C=O) groups is 1. The Morgan fingerprint density at radius 3 is 2.83 bits per heavy atom. The molecule has 0 bridgehead atoms. The van der Waals surface area contributed by atoms with Gasteiger partial charge in [-0.05, 0) is 6.07 Å². The number of aromatic nitrogens is 3. The van der Waals surface area contributed by atoms with Gasteiger partial charge < -0.3 is 24.5 Å². The van der Waals surface area contributed by atoms with E-state index >= 15 is 0 Å². The summed E-state index contributed by atoms with van der Waals surface area (Å²) in [5.41, 5.74) is 7.88. The summed E-state index contributed by atoms with van der Waals surface area (Å²) in [6, 6.07) is 4.87. The van der Waals surface area contributed by atoms with Crippen molar-refractivity contribution < 1.29 is 19.0 Å². The lowest BCUT2D eigenvalue weighted by atomic mass is 9.96. The predicted molar refractivity (Wildman–Crippen MR) is 108 cm³/mol. The highest BCUT2D eigenvalue weighted by atomic mass is 16.5. The maximum absolute atomic E-state index is 11.2. The van der Waals surface area contributed by atoms with Crippen LogP contribution in [0.25, 0.3) is 22.2 Å². The van der Waals surface area contributed by atoms with Gasteiger partial charge in [-0.25, -0.2) is 14.8 Å². The molecule has 3 N–H and O–H groups in total. The second-order valence-electron chi connectivity index (χ2n) is 7.01. The zero-order valence-electron chi connectivity index (χ0n) is 16.6. The van der Waals surface area contributed by atoms with Gasteiger partial charge in [-0.15, -0.1) is 0 Å². The number of pyridine rings is 2. The second kappa shape index (κ2) is 7.34. The molecule has 1 saturated heterocycles. The average Bonchev–Trinajstić information content (AvgIpc) is 3.33. The Morgan fingerprint density at radius 2 is 2.17 bits per heavy atom. The van der Waals surface area contributed by atoms with Gasteiger partial charge in [-0.3, -0.25) is 5.32 Å². The van der Waals surface area contributed by atoms with Crippen molar-refractivity contribution in [2.75, 3.05) is 32.8 Å². The molecule has 1 fully saturated rings. The molecule has 0 unspecified atom stereocenters. The van der Waals surface area contributed by atoms with Crippen LogP contribution in [0, 0.1) is 0 Å². The molecule has 1 atom stereocenters. The van der Waals surface area contributed by atoms with Gasteiger partial charge in [0, 0.05) is 56.5 Å². The van der Waals surface area contributed by atoms with Crippen molar-refractivity contribution >= 4 is 22.8 Å². The third-order valence-corrected chi connectivity index (χ3v) is 5.28. The van der Waals surface area contributed by atoms with E-state index in [9.17, 15) is 4.79 Å². The average molecular weight is 397 g/mol. The Morgan fingerprint density at radius 1 is 1.34 bits per heavy atom. The van der Waals surface area contributed by atoms with E-state index in [1.807, 2.05) is 29.9 Å². The third kappa shape index (κ3) is 3.39. The fourth-order valence-corrected chi connectivity index (χ4v) is 3.68. The molecule has 4 heterocycles. The van der Waals surface area contributed by atoms with Crippen LogP contribution in [0.5, 0.6) is 5.75 Å². The minimum absolute atomic E-state index is 0.373. The van der Waals surface area contributed by atoms with E-state index in [0.29, 0.717) is 24.8 Å². The van der Waals surface area contributed by atoms with Crippen molar-refractivity contribution in [2.24, 2.45) is 12.8 Å². The van der Waals surface area contributed by atoms with Crippen LogP contribution in [-0.4, -0.2) is 48.0 Å². The van der Waals surface area contributed by atoms with E-state index in [-0.39, 0.29) is 0 Å². The lowest BCUT2D eigenvalue weighted by Crippen LogP contribution is -2.30. The van der Waals surface area contributed by atoms with E-state index in [1.54, 1.807) is 26.5 Å². The first kappa shape index (κ1) is 19.2. The molecule has 9 nitrogen and oxygen atoms in total. The number of aryl methyl sites for hydroxylation is 1. The minimum atomic E-state index is -0.667. The quantitative estimate of drug-likeness (QED) is 0.683. The minimum Gasteiger partial charge on any atom is -0.497 e. The maximum Gasteiger partial charge on any atom is 0.317 e. The van der Waals surface area contributed by atoms with E-state index < -0.39 is 11.6 Å². The molecule has 9 heteroatoms. The summed E-state index contributed by atoms with van der Waals surface area (Å²) in [6.45, 7) is 1.05. The zero-order valence-corrected chi connectivity index (χ0v) is 16.6. The van der Waals surface area contributed by atoms with Gasteiger partial charge in [-0.2, -0.15) is 0 Å². The number of nitrogens with one attached hydrogen (secondary N) is 1. The molecular formula is C20H23N5O4. The van der Waals surface area contributed by atoms with Crippen molar-refractivity contribution in [3.63, 3.8) is 0 Å². The van der Waals surface area contributed by atoms with Crippen molar-refractivity contribution in [3.8, 4) is 17.0 Å². The second-order valence-corrected chi connectivity index (χ2v) is 7.01. The molecule has 152 valence electrons. The van der Waals surface area contributed by atoms with Gasteiger partial charge in [0.1, 0.15) is 17.2 Å². The molecule has 0 radical (unpaired) electrons. The lowest BCUT2D eigenvalue weighted by molar-refractivity contribution is -0.0246. The maximum atomic E-state index is 11.2. The number of ether oxygens (including phenoxy) is 3. The first-order chi connectivity index (χ1) is 14.0. The van der Waals surface area contributed by atoms with Crippen molar-refractivity contribution in [2.45, 2.75) is 12.0 Å². The van der Waals surface area contributed by atoms with Gasteiger partial charge in [-0.1, -0.05) is 0 Å². The molecule has 3 aromatic rings. The SMILES string of the molecule is COc1cc(-c2cn(C)c3cnc(NC(N)=O)cc23)nc([C@@]2(OC)CCOC2)c1. The van der Waals surface area contributed by atoms with Crippen molar-refractivity contribution in [1.82, 2.24) is 14.5 Å². The number of carbonyl (C=O) groups excluding carboxylic acids is 1. The van der Waals surface area contributed by atoms with Crippen LogP contribution in [0.15, 0.2) is 30.6 Å². The molecule has 2 amide bonds. The number of nitrogens with two attached hydrogens (primary N) is 1. The van der Waals surface area contributed by atoms with E-state index in [4.69, 9.17) is 24.9 Å². The van der Waals surface area contributed by atoms with Crippen LogP contribution in [0.2, 0.25) is 0 Å². The standard InChI is InChI=1S/C20H23N5O4/c1-25-10-14(13-8-18(24-19(21)26)22-9-16(13)25)15-6-12(27-2)7-17(23-15)20(28-3)4-5-29-11-20/h6-10H,4-5,11H2,1-3H3,(H3,21,22,24,26)/t20-/m1/s1. The third-order valence-electron chi connectivity index (χ3n) is 5.28. The van der Waals surface area contributed by atoms with Crippen LogP contribution >= 0.6 is 0 Å². The van der Waals surface area contributed by atoms with Crippen molar-refractivity contribution in [1.29, 1.82) is 0 Å². The van der Waals surface area contributed by atoms with E-state index in [1.165, 1.54) is 0 Å². The molecule has 4 rings (SSSR count). The zero-order chi connectivity index (χ0) is 20.6. The van der Waals surface area contributed by atoms with Crippen molar-refractivity contribution in [3.05, 3.63) is 36.3 Å². The lowest BCUT2D eigenvalue weighted by Gasteiger charge is -2.26. The Hall–Kier alpha value is -3.17. The fraction of sp³-hybridized carbons (Fsp3) is 0.350. The van der Waals surface area contributed by atoms with Crippen LogP contribution < -0.4 is 15.8 Å². The Balaban J connectivity index is 1.89. The number of rotatable bonds is 5. The summed E-state index contributed by atoms with van der Waals surface area (Å²) in [4.78, 5) is 20.4. The topological polar surface area (TPSA) is 114 Å². The molecule has 0 spiro atoms. The Bertz CT molecular complexity index is 1070. The first-order valence-corrected chi connectivity index (χ1v) is 9.17. The number of amides is 2. The smallest absolute Gasteiger partial charge is 0.317 e. The number of primary amides is 1. The van der Waals surface area contributed by atoms with E-state index in [2.05, 4.69) is 10.3 Å². The van der Waals surface area contributed by atoms with Crippen LogP contribution in [0.4, 0.5) is 10.6 Å². The Kier molecular flexibility index (Phi) is 4.85. The highest BCUT2D eigenvalue weighted by Gasteiger charge is 2.39. The molecule has 0 saturated carbocycles. The van der Waals surface area contributed by atoms with Gasteiger partial charge >= 0.3 is 6.03 Å². The number of hydrogen-bond acceptors (Lipinski definition) is 6. The summed E-state index contributed by atoms with van der Waals surface area (Å²) < 4.78 is 18.9. The number of methoxy groups -OCH3 is 2. The van der Waals surface area contributed by atoms with Gasteiger partial charge in [0.05, 0.1) is 36.8 Å². The molecule has 1 aliphatic rings. The number of anilines is 1. The van der Waals surface area contributed by atoms with Crippen LogP contribution in [0.3, 0.4) is 0 Å². The molecular weight excluding hydrogens is 374 g/mol. The molecule has 1 aliphatic heterocycles. The summed E-state index contributed by atoms with van der Waals surface area (Å²) in [5.74, 6) is 1.05. The number of fused-ring (bicyclic) bond motifs is 1. The summed E-state index contributed by atoms with van der Waals surface area (Å²) in [7, 11) is 5.22. The summed E-state index contributed by atoms with van der Waals surface area (Å²) in [6.07, 6.45) is 4.37. The first-order valence-electron chi connectivity index (χ1n) is 9.17. The van der Waals surface area contributed by atoms with Gasteiger partial charge in [0.15, 0.2) is 0 Å². The van der Waals surface area contributed by atoms with Crippen LogP contribution in [0.1, 0.15) is 12.1 Å². The largest absolute Gasteiger partial charge is 0.497 e. The summed E-state index contributed by atoms with van der Waals surface area (Å²) in [5, 5.41) is 3.40. The van der Waals surface area contributed by atoms with Crippen LogP contribution in [-0.2, 0) is 22.1 Å². The molecule has 3 aromatic heterocycles. The molecule has 0 aromatic carbocycles. The molecule has 29 heavy (non-hydrogen) atoms. The normalized spacial score (nSPS) is 18.9. The molecule has 0 aliphatic carbocycles. The monoisotopic (exact) mass is 397 g/mol. The van der Waals surface area contributed by atoms with Gasteiger partial charge in [0.2, 0.25) is 0 Å².